The van der Waals surface area contributed by atoms with Gasteiger partial charge in [-0.25, -0.2) is 0 Å². The van der Waals surface area contributed by atoms with Crippen molar-refractivity contribution in [1.29, 1.82) is 0 Å². The second-order valence-electron chi connectivity index (χ2n) is 11.3. The number of aliphatic hydroxyl groups is 1. The van der Waals surface area contributed by atoms with Crippen LogP contribution in [-0.4, -0.2) is 72.6 Å². The average molecular weight is 599 g/mol. The topological polar surface area (TPSA) is 88.5 Å². The lowest BCUT2D eigenvalue weighted by Gasteiger charge is -2.31. The Bertz CT molecular complexity index is 1440. The van der Waals surface area contributed by atoms with Crippen LogP contribution in [-0.2, 0) is 20.9 Å². The summed E-state index contributed by atoms with van der Waals surface area (Å²) in [7, 11) is 0. The van der Waals surface area contributed by atoms with Crippen molar-refractivity contribution >= 4 is 17.4 Å². The maximum atomic E-state index is 13.5. The zero-order chi connectivity index (χ0) is 30.9. The number of aryl methyl sites for hydroxylation is 1. The Morgan fingerprint density at radius 3 is 2.27 bits per heavy atom. The van der Waals surface area contributed by atoms with Crippen molar-refractivity contribution in [3.05, 3.63) is 101 Å². The highest BCUT2D eigenvalue weighted by Gasteiger charge is 2.46. The van der Waals surface area contributed by atoms with E-state index in [-0.39, 0.29) is 11.3 Å². The zero-order valence-electron chi connectivity index (χ0n) is 25.7. The number of aliphatic hydroxyl groups excluding tert-OH is 1. The van der Waals surface area contributed by atoms with Crippen LogP contribution >= 0.6 is 0 Å². The Balaban J connectivity index is 1.39. The van der Waals surface area contributed by atoms with Crippen LogP contribution in [0.25, 0.3) is 5.76 Å². The molecule has 1 N–H and O–H groups in total. The van der Waals surface area contributed by atoms with Gasteiger partial charge in [0, 0.05) is 31.7 Å². The Kier molecular flexibility index (Phi) is 10.7. The third kappa shape index (κ3) is 7.49. The van der Waals surface area contributed by atoms with E-state index in [4.69, 9.17) is 14.2 Å². The summed E-state index contributed by atoms with van der Waals surface area (Å²) < 4.78 is 17.3. The molecular formula is C36H42N2O6. The number of carbonyl (C=O) groups excluding carboxylic acids is 2. The second kappa shape index (κ2) is 15.0. The maximum Gasteiger partial charge on any atom is 0.295 e. The van der Waals surface area contributed by atoms with Gasteiger partial charge in [0.05, 0.1) is 31.4 Å². The fourth-order valence-electron chi connectivity index (χ4n) is 5.62. The number of hydrogen-bond acceptors (Lipinski definition) is 7. The molecule has 5 rings (SSSR count). The van der Waals surface area contributed by atoms with Gasteiger partial charge < -0.3 is 24.2 Å². The normalized spacial score (nSPS) is 18.5. The van der Waals surface area contributed by atoms with Gasteiger partial charge in [-0.15, -0.1) is 0 Å². The summed E-state index contributed by atoms with van der Waals surface area (Å²) >= 11 is 0. The summed E-state index contributed by atoms with van der Waals surface area (Å²) in [6.45, 7) is 9.05. The lowest BCUT2D eigenvalue weighted by Crippen LogP contribution is -2.42. The number of unbranched alkanes of at least 4 members (excludes halogenated alkanes) is 2. The number of likely N-dealkylation sites (tertiary alicyclic amines) is 1. The van der Waals surface area contributed by atoms with Crippen LogP contribution in [0.5, 0.6) is 11.5 Å². The van der Waals surface area contributed by atoms with Gasteiger partial charge in [0.1, 0.15) is 23.9 Å². The molecule has 2 saturated heterocycles. The minimum Gasteiger partial charge on any atom is -0.507 e. The van der Waals surface area contributed by atoms with Gasteiger partial charge in [-0.1, -0.05) is 56.2 Å². The molecule has 3 aromatic rings. The van der Waals surface area contributed by atoms with Crippen molar-refractivity contribution in [3.63, 3.8) is 0 Å². The Hall–Kier alpha value is -4.14. The van der Waals surface area contributed by atoms with Gasteiger partial charge in [0.2, 0.25) is 0 Å². The molecule has 1 unspecified atom stereocenters. The molecule has 1 amide bonds. The fourth-order valence-corrected chi connectivity index (χ4v) is 5.62. The predicted molar refractivity (Wildman–Crippen MR) is 170 cm³/mol. The number of hydrogen-bond donors (Lipinski definition) is 1. The van der Waals surface area contributed by atoms with E-state index < -0.39 is 17.7 Å². The molecule has 0 aliphatic carbocycles. The van der Waals surface area contributed by atoms with E-state index in [1.807, 2.05) is 55.5 Å². The highest BCUT2D eigenvalue weighted by atomic mass is 16.5. The van der Waals surface area contributed by atoms with Crippen molar-refractivity contribution in [1.82, 2.24) is 9.80 Å². The SMILES string of the molecule is CCCCCOc1ccc(C2C(=C(O)c3ccc(OCc4ccccc4C)cc3)C(=O)C(=O)N2CCN2CCOCC2)cc1. The quantitative estimate of drug-likeness (QED) is 0.114. The molecule has 232 valence electrons. The van der Waals surface area contributed by atoms with Gasteiger partial charge in [0.25, 0.3) is 11.7 Å². The van der Waals surface area contributed by atoms with E-state index in [2.05, 4.69) is 11.8 Å². The first-order chi connectivity index (χ1) is 21.5. The number of morpholine rings is 1. The number of carbonyl (C=O) groups is 2. The third-order valence-corrected chi connectivity index (χ3v) is 8.30. The number of rotatable bonds is 13. The standard InChI is InChI=1S/C36H42N2O6/c1-3-4-7-22-43-30-14-10-27(11-15-30)33-32(35(40)36(41)38(33)19-18-37-20-23-42-24-21-37)34(39)28-12-16-31(17-13-28)44-25-29-9-6-5-8-26(29)2/h5-6,8-17,33,39H,3-4,7,18-25H2,1-2H3. The van der Waals surface area contributed by atoms with Crippen molar-refractivity contribution < 1.29 is 28.9 Å². The van der Waals surface area contributed by atoms with E-state index in [0.717, 1.165) is 54.8 Å². The van der Waals surface area contributed by atoms with Gasteiger partial charge in [-0.05, 0) is 66.4 Å². The lowest BCUT2D eigenvalue weighted by atomic mass is 9.95. The highest BCUT2D eigenvalue weighted by Crippen LogP contribution is 2.40. The first kappa shape index (κ1) is 31.3. The van der Waals surface area contributed by atoms with Crippen molar-refractivity contribution in [2.24, 2.45) is 0 Å². The second-order valence-corrected chi connectivity index (χ2v) is 11.3. The van der Waals surface area contributed by atoms with Crippen LogP contribution in [0.4, 0.5) is 0 Å². The first-order valence-corrected chi connectivity index (χ1v) is 15.5. The molecule has 2 heterocycles. The van der Waals surface area contributed by atoms with Crippen LogP contribution in [0.15, 0.2) is 78.4 Å². The smallest absolute Gasteiger partial charge is 0.295 e. The highest BCUT2D eigenvalue weighted by molar-refractivity contribution is 6.46. The Morgan fingerprint density at radius 2 is 1.57 bits per heavy atom. The van der Waals surface area contributed by atoms with Gasteiger partial charge >= 0.3 is 0 Å². The third-order valence-electron chi connectivity index (χ3n) is 8.30. The number of amides is 1. The monoisotopic (exact) mass is 598 g/mol. The molecule has 2 aliphatic rings. The summed E-state index contributed by atoms with van der Waals surface area (Å²) in [4.78, 5) is 30.7. The number of benzene rings is 3. The van der Waals surface area contributed by atoms with Crippen molar-refractivity contribution in [2.45, 2.75) is 45.8 Å². The van der Waals surface area contributed by atoms with Gasteiger partial charge in [-0.2, -0.15) is 0 Å². The Labute approximate surface area is 259 Å². The molecule has 44 heavy (non-hydrogen) atoms. The Morgan fingerprint density at radius 1 is 0.886 bits per heavy atom. The molecule has 0 radical (unpaired) electrons. The molecule has 0 saturated carbocycles. The van der Waals surface area contributed by atoms with Crippen LogP contribution in [0.2, 0.25) is 0 Å². The largest absolute Gasteiger partial charge is 0.507 e. The molecule has 8 nitrogen and oxygen atoms in total. The number of ether oxygens (including phenoxy) is 3. The molecule has 8 heteroatoms. The summed E-state index contributed by atoms with van der Waals surface area (Å²) in [5, 5.41) is 11.5. The molecule has 0 aromatic heterocycles. The van der Waals surface area contributed by atoms with E-state index >= 15 is 0 Å². The molecule has 3 aromatic carbocycles. The predicted octanol–water partition coefficient (Wildman–Crippen LogP) is 5.90. The minimum atomic E-state index is -0.720. The molecule has 0 spiro atoms. The van der Waals surface area contributed by atoms with Crippen LogP contribution < -0.4 is 9.47 Å². The summed E-state index contributed by atoms with van der Waals surface area (Å²) in [6, 6.07) is 21.8. The molecule has 0 bridgehead atoms. The molecule has 2 aliphatic heterocycles. The average Bonchev–Trinajstić information content (AvgIpc) is 3.31. The molecule has 1 atom stereocenters. The van der Waals surface area contributed by atoms with Gasteiger partial charge in [0.15, 0.2) is 0 Å². The van der Waals surface area contributed by atoms with E-state index in [1.54, 1.807) is 29.2 Å². The summed E-state index contributed by atoms with van der Waals surface area (Å²) in [5.41, 5.74) is 3.51. The van der Waals surface area contributed by atoms with Crippen molar-refractivity contribution in [2.75, 3.05) is 46.0 Å². The zero-order valence-corrected chi connectivity index (χ0v) is 25.7. The van der Waals surface area contributed by atoms with Gasteiger partial charge in [-0.3, -0.25) is 14.5 Å². The lowest BCUT2D eigenvalue weighted by molar-refractivity contribution is -0.140. The summed E-state index contributed by atoms with van der Waals surface area (Å²) in [6.07, 6.45) is 3.21. The molecule has 2 fully saturated rings. The number of ketones is 1. The number of Topliss-reactive ketones (excluding diaryl/α,β-unsaturated/α-hetero) is 1. The van der Waals surface area contributed by atoms with E-state index in [1.165, 1.54) is 0 Å². The minimum absolute atomic E-state index is 0.0853. The fraction of sp³-hybridized carbons (Fsp3) is 0.389. The molecular weight excluding hydrogens is 556 g/mol. The van der Waals surface area contributed by atoms with E-state index in [0.29, 0.717) is 50.8 Å². The number of nitrogens with zero attached hydrogens (tertiary/aromatic N) is 2. The van der Waals surface area contributed by atoms with Crippen LogP contribution in [0.1, 0.15) is 54.5 Å². The first-order valence-electron chi connectivity index (χ1n) is 15.5. The van der Waals surface area contributed by atoms with Crippen molar-refractivity contribution in [3.8, 4) is 11.5 Å². The maximum absolute atomic E-state index is 13.5. The van der Waals surface area contributed by atoms with E-state index in [9.17, 15) is 14.7 Å². The summed E-state index contributed by atoms with van der Waals surface area (Å²) in [5.74, 6) is -0.122. The van der Waals surface area contributed by atoms with Crippen LogP contribution in [0.3, 0.4) is 0 Å². The van der Waals surface area contributed by atoms with Crippen LogP contribution in [0, 0.1) is 6.92 Å².